The lowest BCUT2D eigenvalue weighted by atomic mass is 10.0. The highest BCUT2D eigenvalue weighted by Gasteiger charge is 1.97. The summed E-state index contributed by atoms with van der Waals surface area (Å²) in [5.74, 6) is 1.38. The molecule has 65 valence electrons. The Morgan fingerprint density at radius 2 is 1.92 bits per heavy atom. The molecule has 0 aliphatic carbocycles. The molecular weight excluding hydrogens is 148 g/mol. The molecule has 1 atom stereocenters. The van der Waals surface area contributed by atoms with E-state index in [0.717, 1.165) is 12.2 Å². The highest BCUT2D eigenvalue weighted by Crippen LogP contribution is 2.13. The Bertz CT molecular complexity index is 223. The number of methoxy groups -OCH3 is 1. The van der Waals surface area contributed by atoms with Gasteiger partial charge >= 0.3 is 0 Å². The second-order valence-corrected chi connectivity index (χ2v) is 3.16. The Morgan fingerprint density at radius 1 is 1.33 bits per heavy atom. The fourth-order valence-corrected chi connectivity index (χ4v) is 1.16. The van der Waals surface area contributed by atoms with E-state index in [-0.39, 0.29) is 0 Å². The second kappa shape index (κ2) is 4.15. The quantitative estimate of drug-likeness (QED) is 0.665. The van der Waals surface area contributed by atoms with Crippen LogP contribution < -0.4 is 4.74 Å². The van der Waals surface area contributed by atoms with E-state index >= 15 is 0 Å². The van der Waals surface area contributed by atoms with Crippen LogP contribution in [0.5, 0.6) is 5.75 Å². The minimum absolute atomic E-state index is 0.471. The maximum Gasteiger partial charge on any atom is 0.118 e. The lowest BCUT2D eigenvalue weighted by molar-refractivity contribution is 0.414. The summed E-state index contributed by atoms with van der Waals surface area (Å²) in [6.45, 7) is 6.06. The van der Waals surface area contributed by atoms with Gasteiger partial charge in [-0.15, -0.1) is 0 Å². The Labute approximate surface area is 74.4 Å². The molecule has 1 rings (SSSR count). The molecule has 1 radical (unpaired) electrons. The van der Waals surface area contributed by atoms with Gasteiger partial charge in [-0.05, 0) is 30.0 Å². The normalized spacial score (nSPS) is 10.3. The topological polar surface area (TPSA) is 9.23 Å². The average Bonchev–Trinajstić information content (AvgIpc) is 2.05. The number of rotatable bonds is 3. The predicted molar refractivity (Wildman–Crippen MR) is 51.2 cm³/mol. The Kier molecular flexibility index (Phi) is 3.15. The van der Waals surface area contributed by atoms with Gasteiger partial charge in [0.15, 0.2) is 0 Å². The molecule has 12 heavy (non-hydrogen) atoms. The van der Waals surface area contributed by atoms with Crippen molar-refractivity contribution >= 4 is 0 Å². The third kappa shape index (κ3) is 2.57. The van der Waals surface area contributed by atoms with E-state index in [1.807, 2.05) is 12.1 Å². The molecule has 0 heterocycles. The van der Waals surface area contributed by atoms with Crippen LogP contribution in [0.4, 0.5) is 0 Å². The molecule has 0 saturated carbocycles. The van der Waals surface area contributed by atoms with Crippen molar-refractivity contribution in [1.82, 2.24) is 0 Å². The van der Waals surface area contributed by atoms with Crippen LogP contribution in [0.15, 0.2) is 24.3 Å². The molecule has 1 nitrogen and oxygen atoms in total. The van der Waals surface area contributed by atoms with Gasteiger partial charge in [0.2, 0.25) is 0 Å². The van der Waals surface area contributed by atoms with Gasteiger partial charge < -0.3 is 4.74 Å². The molecule has 0 spiro atoms. The first-order chi connectivity index (χ1) is 5.72. The smallest absolute Gasteiger partial charge is 0.118 e. The Morgan fingerprint density at radius 3 is 2.33 bits per heavy atom. The molecule has 1 aromatic carbocycles. The van der Waals surface area contributed by atoms with Crippen molar-refractivity contribution in [3.8, 4) is 5.75 Å². The molecule has 0 aromatic heterocycles. The number of ether oxygens (including phenoxy) is 1. The molecule has 0 aliphatic rings. The highest BCUT2D eigenvalue weighted by atomic mass is 16.5. The van der Waals surface area contributed by atoms with Gasteiger partial charge in [0, 0.05) is 0 Å². The number of benzene rings is 1. The second-order valence-electron chi connectivity index (χ2n) is 3.16. The van der Waals surface area contributed by atoms with E-state index in [4.69, 9.17) is 4.74 Å². The standard InChI is InChI=1S/C11H15O/c1-9(2)8-10-4-6-11(12-3)7-5-10/h4-7,9H,1,8H2,2-3H3. The lowest BCUT2D eigenvalue weighted by Crippen LogP contribution is -1.93. The van der Waals surface area contributed by atoms with Gasteiger partial charge in [-0.25, -0.2) is 0 Å². The molecule has 0 aliphatic heterocycles. The van der Waals surface area contributed by atoms with E-state index in [9.17, 15) is 0 Å². The van der Waals surface area contributed by atoms with Crippen molar-refractivity contribution in [2.45, 2.75) is 13.3 Å². The summed E-state index contributed by atoms with van der Waals surface area (Å²) < 4.78 is 5.06. The van der Waals surface area contributed by atoms with E-state index in [2.05, 4.69) is 26.0 Å². The van der Waals surface area contributed by atoms with Crippen LogP contribution in [0.25, 0.3) is 0 Å². The molecule has 0 bridgehead atoms. The lowest BCUT2D eigenvalue weighted by Gasteiger charge is -2.05. The Hall–Kier alpha value is -0.980. The Balaban J connectivity index is 2.65. The van der Waals surface area contributed by atoms with Gasteiger partial charge in [-0.2, -0.15) is 0 Å². The highest BCUT2D eigenvalue weighted by molar-refractivity contribution is 5.27. The van der Waals surface area contributed by atoms with Gasteiger partial charge in [0.05, 0.1) is 7.11 Å². The first-order valence-electron chi connectivity index (χ1n) is 4.18. The number of hydrogen-bond donors (Lipinski definition) is 0. The molecular formula is C11H15O. The monoisotopic (exact) mass is 163 g/mol. The summed E-state index contributed by atoms with van der Waals surface area (Å²) in [6, 6.07) is 8.14. The zero-order valence-corrected chi connectivity index (χ0v) is 7.71. The summed E-state index contributed by atoms with van der Waals surface area (Å²) >= 11 is 0. The van der Waals surface area contributed by atoms with Gasteiger partial charge in [0.1, 0.15) is 5.75 Å². The minimum Gasteiger partial charge on any atom is -0.497 e. The van der Waals surface area contributed by atoms with Crippen LogP contribution >= 0.6 is 0 Å². The zero-order chi connectivity index (χ0) is 8.97. The van der Waals surface area contributed by atoms with Crippen molar-refractivity contribution in [3.05, 3.63) is 36.8 Å². The van der Waals surface area contributed by atoms with E-state index in [1.165, 1.54) is 5.56 Å². The molecule has 1 unspecified atom stereocenters. The van der Waals surface area contributed by atoms with Crippen molar-refractivity contribution in [1.29, 1.82) is 0 Å². The van der Waals surface area contributed by atoms with Crippen LogP contribution in [-0.4, -0.2) is 7.11 Å². The van der Waals surface area contributed by atoms with Crippen LogP contribution in [0.1, 0.15) is 12.5 Å². The third-order valence-corrected chi connectivity index (χ3v) is 1.74. The summed E-state index contributed by atoms with van der Waals surface area (Å²) in [5.41, 5.74) is 1.32. The molecule has 0 N–H and O–H groups in total. The molecule has 0 fully saturated rings. The SMILES string of the molecule is [CH2]C(C)Cc1ccc(OC)cc1. The van der Waals surface area contributed by atoms with Crippen LogP contribution in [0, 0.1) is 12.8 Å². The summed E-state index contributed by atoms with van der Waals surface area (Å²) in [4.78, 5) is 0. The largest absolute Gasteiger partial charge is 0.497 e. The fraction of sp³-hybridized carbons (Fsp3) is 0.364. The van der Waals surface area contributed by atoms with Crippen LogP contribution in [0.2, 0.25) is 0 Å². The van der Waals surface area contributed by atoms with Crippen molar-refractivity contribution in [2.24, 2.45) is 5.92 Å². The maximum atomic E-state index is 5.06. The van der Waals surface area contributed by atoms with E-state index in [0.29, 0.717) is 5.92 Å². The van der Waals surface area contributed by atoms with Crippen LogP contribution in [0.3, 0.4) is 0 Å². The zero-order valence-electron chi connectivity index (χ0n) is 7.71. The minimum atomic E-state index is 0.471. The fourth-order valence-electron chi connectivity index (χ4n) is 1.16. The van der Waals surface area contributed by atoms with Gasteiger partial charge in [-0.1, -0.05) is 26.0 Å². The number of hydrogen-bond acceptors (Lipinski definition) is 1. The molecule has 1 aromatic rings. The van der Waals surface area contributed by atoms with Crippen molar-refractivity contribution < 1.29 is 4.74 Å². The predicted octanol–water partition coefficient (Wildman–Crippen LogP) is 2.71. The van der Waals surface area contributed by atoms with E-state index < -0.39 is 0 Å². The summed E-state index contributed by atoms with van der Waals surface area (Å²) in [5, 5.41) is 0. The summed E-state index contributed by atoms with van der Waals surface area (Å²) in [6.07, 6.45) is 1.03. The molecule has 0 saturated heterocycles. The third-order valence-electron chi connectivity index (χ3n) is 1.74. The van der Waals surface area contributed by atoms with Gasteiger partial charge in [-0.3, -0.25) is 0 Å². The van der Waals surface area contributed by atoms with Gasteiger partial charge in [0.25, 0.3) is 0 Å². The first-order valence-corrected chi connectivity index (χ1v) is 4.18. The summed E-state index contributed by atoms with van der Waals surface area (Å²) in [7, 11) is 1.68. The average molecular weight is 163 g/mol. The molecule has 1 heteroatoms. The molecule has 0 amide bonds. The van der Waals surface area contributed by atoms with Crippen molar-refractivity contribution in [2.75, 3.05) is 7.11 Å². The first kappa shape index (κ1) is 9.11. The maximum absolute atomic E-state index is 5.06. The van der Waals surface area contributed by atoms with E-state index in [1.54, 1.807) is 7.11 Å². The van der Waals surface area contributed by atoms with Crippen LogP contribution in [-0.2, 0) is 6.42 Å². The van der Waals surface area contributed by atoms with Crippen molar-refractivity contribution in [3.63, 3.8) is 0 Å².